The lowest BCUT2D eigenvalue weighted by Gasteiger charge is -2.09. The molecule has 38 heavy (non-hydrogen) atoms. The molecule has 0 aliphatic heterocycles. The zero-order chi connectivity index (χ0) is 24.5. The third kappa shape index (κ3) is 2.02. The Morgan fingerprint density at radius 1 is 0.289 bits per heavy atom. The van der Waals surface area contributed by atoms with Crippen LogP contribution in [0.15, 0.2) is 121 Å². The third-order valence-corrected chi connectivity index (χ3v) is 8.78. The fourth-order valence-electron chi connectivity index (χ4n) is 7.39. The standard InChI is InChI=1S/C36H20N2/c1-3-18-30-21(9-1)25-13-7-17-29-33-23(11-8-20-32(33)37(30)36(25)29)26-14-6-16-28-27-15-5-12-24-22-10-2-4-19-31(22)38(34(24)27)35(26)28/h1-20H. The number of hydrogen-bond acceptors (Lipinski definition) is 0. The maximum absolute atomic E-state index is 2.51. The summed E-state index contributed by atoms with van der Waals surface area (Å²) in [6, 6.07) is 44.8. The van der Waals surface area contributed by atoms with E-state index in [1.807, 2.05) is 0 Å². The summed E-state index contributed by atoms with van der Waals surface area (Å²) in [6.45, 7) is 0. The van der Waals surface area contributed by atoms with E-state index in [0.29, 0.717) is 0 Å². The lowest BCUT2D eigenvalue weighted by Crippen LogP contribution is -1.87. The molecule has 4 heterocycles. The van der Waals surface area contributed by atoms with Crippen molar-refractivity contribution in [3.8, 4) is 11.1 Å². The minimum atomic E-state index is 1.27. The van der Waals surface area contributed by atoms with Crippen molar-refractivity contribution in [1.29, 1.82) is 0 Å². The predicted molar refractivity (Wildman–Crippen MR) is 161 cm³/mol. The molecule has 0 bridgehead atoms. The van der Waals surface area contributed by atoms with Crippen molar-refractivity contribution >= 4 is 76.2 Å². The van der Waals surface area contributed by atoms with Crippen LogP contribution in [0.25, 0.3) is 87.3 Å². The molecule has 4 aromatic heterocycles. The zero-order valence-corrected chi connectivity index (χ0v) is 20.4. The molecule has 0 N–H and O–H groups in total. The Bertz CT molecular complexity index is 2560. The van der Waals surface area contributed by atoms with Gasteiger partial charge in [-0.05, 0) is 23.8 Å². The van der Waals surface area contributed by atoms with Crippen LogP contribution in [0, 0.1) is 0 Å². The van der Waals surface area contributed by atoms with Crippen LogP contribution in [0.2, 0.25) is 0 Å². The lowest BCUT2D eigenvalue weighted by molar-refractivity contribution is 1.36. The number of fused-ring (bicyclic) bond motifs is 12. The molecule has 0 unspecified atom stereocenters. The minimum absolute atomic E-state index is 1.27. The van der Waals surface area contributed by atoms with E-state index in [1.54, 1.807) is 0 Å². The van der Waals surface area contributed by atoms with E-state index in [-0.39, 0.29) is 0 Å². The van der Waals surface area contributed by atoms with Gasteiger partial charge < -0.3 is 8.80 Å². The Morgan fingerprint density at radius 2 is 0.737 bits per heavy atom. The van der Waals surface area contributed by atoms with Crippen molar-refractivity contribution in [1.82, 2.24) is 8.80 Å². The van der Waals surface area contributed by atoms with Gasteiger partial charge in [-0.1, -0.05) is 103 Å². The Morgan fingerprint density at radius 3 is 1.47 bits per heavy atom. The van der Waals surface area contributed by atoms with Crippen LogP contribution >= 0.6 is 0 Å². The van der Waals surface area contributed by atoms with Gasteiger partial charge in [0.1, 0.15) is 0 Å². The fourth-order valence-corrected chi connectivity index (χ4v) is 7.39. The highest BCUT2D eigenvalue weighted by atomic mass is 14.9. The molecule has 6 aromatic carbocycles. The Kier molecular flexibility index (Phi) is 3.23. The van der Waals surface area contributed by atoms with E-state index >= 15 is 0 Å². The first-order valence-electron chi connectivity index (χ1n) is 13.2. The van der Waals surface area contributed by atoms with Crippen LogP contribution in [-0.2, 0) is 0 Å². The van der Waals surface area contributed by atoms with Crippen LogP contribution in [-0.4, -0.2) is 8.80 Å². The first-order chi connectivity index (χ1) is 18.9. The van der Waals surface area contributed by atoms with Crippen molar-refractivity contribution in [2.75, 3.05) is 0 Å². The Labute approximate surface area is 217 Å². The van der Waals surface area contributed by atoms with Gasteiger partial charge in [-0.2, -0.15) is 0 Å². The average Bonchev–Trinajstić information content (AvgIpc) is 3.70. The summed E-state index contributed by atoms with van der Waals surface area (Å²) in [5.74, 6) is 0. The monoisotopic (exact) mass is 480 g/mol. The Balaban J connectivity index is 1.46. The normalized spacial score (nSPS) is 12.7. The van der Waals surface area contributed by atoms with Crippen molar-refractivity contribution in [2.24, 2.45) is 0 Å². The van der Waals surface area contributed by atoms with Crippen molar-refractivity contribution < 1.29 is 0 Å². The van der Waals surface area contributed by atoms with E-state index in [4.69, 9.17) is 0 Å². The molecule has 10 rings (SSSR count). The second kappa shape index (κ2) is 6.42. The summed E-state index contributed by atoms with van der Waals surface area (Å²) in [4.78, 5) is 0. The number of hydrogen-bond donors (Lipinski definition) is 0. The van der Waals surface area contributed by atoms with Gasteiger partial charge >= 0.3 is 0 Å². The lowest BCUT2D eigenvalue weighted by atomic mass is 9.96. The van der Waals surface area contributed by atoms with Crippen LogP contribution < -0.4 is 0 Å². The smallest absolute Gasteiger partial charge is 0.0620 e. The summed E-state index contributed by atoms with van der Waals surface area (Å²) in [5, 5.41) is 10.6. The van der Waals surface area contributed by atoms with Crippen molar-refractivity contribution in [3.63, 3.8) is 0 Å². The zero-order valence-electron chi connectivity index (χ0n) is 20.4. The third-order valence-electron chi connectivity index (χ3n) is 8.78. The summed E-state index contributed by atoms with van der Waals surface area (Å²) in [5.41, 5.74) is 10.3. The molecule has 10 aromatic rings. The predicted octanol–water partition coefficient (Wildman–Crippen LogP) is 9.65. The van der Waals surface area contributed by atoms with E-state index in [1.165, 1.54) is 87.3 Å². The van der Waals surface area contributed by atoms with Gasteiger partial charge in [0.05, 0.1) is 33.1 Å². The summed E-state index contributed by atoms with van der Waals surface area (Å²) < 4.78 is 4.98. The molecule has 2 heteroatoms. The highest BCUT2D eigenvalue weighted by Gasteiger charge is 2.23. The van der Waals surface area contributed by atoms with Gasteiger partial charge in [0.15, 0.2) is 0 Å². The van der Waals surface area contributed by atoms with Gasteiger partial charge in [0, 0.05) is 48.7 Å². The fraction of sp³-hybridized carbons (Fsp3) is 0. The van der Waals surface area contributed by atoms with Gasteiger partial charge in [-0.15, -0.1) is 0 Å². The van der Waals surface area contributed by atoms with E-state index in [9.17, 15) is 0 Å². The molecule has 0 saturated heterocycles. The maximum atomic E-state index is 2.51. The van der Waals surface area contributed by atoms with Gasteiger partial charge in [0.2, 0.25) is 0 Å². The van der Waals surface area contributed by atoms with E-state index < -0.39 is 0 Å². The van der Waals surface area contributed by atoms with Gasteiger partial charge in [-0.3, -0.25) is 0 Å². The highest BCUT2D eigenvalue weighted by molar-refractivity contribution is 6.29. The van der Waals surface area contributed by atoms with Crippen LogP contribution in [0.1, 0.15) is 0 Å². The molecule has 174 valence electrons. The number of aromatic nitrogens is 2. The van der Waals surface area contributed by atoms with Crippen molar-refractivity contribution in [2.45, 2.75) is 0 Å². The molecule has 0 aliphatic carbocycles. The minimum Gasteiger partial charge on any atom is -0.308 e. The number of rotatable bonds is 1. The summed E-state index contributed by atoms with van der Waals surface area (Å²) >= 11 is 0. The molecule has 0 fully saturated rings. The van der Waals surface area contributed by atoms with E-state index in [0.717, 1.165) is 0 Å². The summed E-state index contributed by atoms with van der Waals surface area (Å²) in [6.07, 6.45) is 0. The van der Waals surface area contributed by atoms with Crippen LogP contribution in [0.3, 0.4) is 0 Å². The molecular formula is C36H20N2. The molecule has 0 radical (unpaired) electrons. The molecule has 0 saturated carbocycles. The molecule has 2 nitrogen and oxygen atoms in total. The van der Waals surface area contributed by atoms with Gasteiger partial charge in [0.25, 0.3) is 0 Å². The number of nitrogens with zero attached hydrogens (tertiary/aromatic N) is 2. The summed E-state index contributed by atoms with van der Waals surface area (Å²) in [7, 11) is 0. The molecule has 0 spiro atoms. The van der Waals surface area contributed by atoms with E-state index in [2.05, 4.69) is 130 Å². The Hall–Kier alpha value is -5.08. The topological polar surface area (TPSA) is 8.82 Å². The maximum Gasteiger partial charge on any atom is 0.0620 e. The molecule has 0 aliphatic rings. The van der Waals surface area contributed by atoms with Crippen LogP contribution in [0.5, 0.6) is 0 Å². The SMILES string of the molecule is c1ccc2c(c1)c1cccc3c4c(-c5cccc6c7cccc8c9ccccc9n(c56)c87)cccc4n2c13. The average molecular weight is 481 g/mol. The largest absolute Gasteiger partial charge is 0.308 e. The molecule has 0 amide bonds. The number of para-hydroxylation sites is 5. The quantitative estimate of drug-likeness (QED) is 0.221. The highest BCUT2D eigenvalue weighted by Crippen LogP contribution is 2.46. The first-order valence-corrected chi connectivity index (χ1v) is 13.2. The van der Waals surface area contributed by atoms with Crippen LogP contribution in [0.4, 0.5) is 0 Å². The first kappa shape index (κ1) is 19.1. The second-order valence-corrected chi connectivity index (χ2v) is 10.5. The molecule has 0 atom stereocenters. The second-order valence-electron chi connectivity index (χ2n) is 10.5. The van der Waals surface area contributed by atoms with Crippen molar-refractivity contribution in [3.05, 3.63) is 121 Å². The van der Waals surface area contributed by atoms with Gasteiger partial charge in [-0.25, -0.2) is 0 Å². The number of benzene rings is 6. The molecular weight excluding hydrogens is 460 g/mol.